The van der Waals surface area contributed by atoms with Gasteiger partial charge in [-0.2, -0.15) is 0 Å². The Bertz CT molecular complexity index is 239. The molecule has 1 aromatic rings. The third kappa shape index (κ3) is 8.04. The summed E-state index contributed by atoms with van der Waals surface area (Å²) in [6.45, 7) is 6.46. The Labute approximate surface area is 113 Å². The van der Waals surface area contributed by atoms with Gasteiger partial charge in [-0.1, -0.05) is 36.9 Å². The van der Waals surface area contributed by atoms with Gasteiger partial charge in [-0.15, -0.1) is 0 Å². The molecule has 16 heavy (non-hydrogen) atoms. The van der Waals surface area contributed by atoms with E-state index in [-0.39, 0.29) is 21.1 Å². The van der Waals surface area contributed by atoms with Gasteiger partial charge in [0.05, 0.1) is 6.61 Å². The average molecular weight is 391 g/mol. The van der Waals surface area contributed by atoms with Crippen LogP contribution in [0.4, 0.5) is 0 Å². The molecule has 0 N–H and O–H groups in total. The summed E-state index contributed by atoms with van der Waals surface area (Å²) in [7, 11) is 0. The van der Waals surface area contributed by atoms with Gasteiger partial charge in [0.25, 0.3) is 0 Å². The fourth-order valence-electron chi connectivity index (χ4n) is 1.27. The van der Waals surface area contributed by atoms with E-state index in [4.69, 9.17) is 9.47 Å². The monoisotopic (exact) mass is 391 g/mol. The van der Waals surface area contributed by atoms with Crippen LogP contribution < -0.4 is 0 Å². The zero-order valence-electron chi connectivity index (χ0n) is 9.56. The Kier molecular flexibility index (Phi) is 11.2. The van der Waals surface area contributed by atoms with Gasteiger partial charge in [0.2, 0.25) is 0 Å². The number of ether oxygens (including phenoxy) is 2. The molecule has 0 radical (unpaired) electrons. The van der Waals surface area contributed by atoms with E-state index < -0.39 is 0 Å². The molecule has 3 heteroatoms. The van der Waals surface area contributed by atoms with E-state index in [9.17, 15) is 0 Å². The topological polar surface area (TPSA) is 18.5 Å². The van der Waals surface area contributed by atoms with Gasteiger partial charge in [0.15, 0.2) is 0 Å². The number of hydrogen-bond donors (Lipinski definition) is 0. The molecule has 0 saturated heterocycles. The van der Waals surface area contributed by atoms with Crippen LogP contribution in [-0.2, 0) is 37.1 Å². The Hall–Kier alpha value is -0.172. The summed E-state index contributed by atoms with van der Waals surface area (Å²) >= 11 is 0. The zero-order valence-corrected chi connectivity index (χ0v) is 12.5. The summed E-state index contributed by atoms with van der Waals surface area (Å²) in [4.78, 5) is 0. The summed E-state index contributed by atoms with van der Waals surface area (Å²) in [6, 6.07) is 10.2. The molecule has 0 heterocycles. The fourth-order valence-corrected chi connectivity index (χ4v) is 1.27. The van der Waals surface area contributed by atoms with Crippen molar-refractivity contribution < 1.29 is 30.5 Å². The standard InChI is InChI=1S/C13H19O2.W/c1-2-14-10-6-7-11-15-12-13-8-4-3-5-9-13;/h3-5,8-9H,1-2,6-7,10-12H2;/q-1;. The molecule has 2 nitrogen and oxygen atoms in total. The number of benzene rings is 1. The van der Waals surface area contributed by atoms with Crippen molar-refractivity contribution in [2.45, 2.75) is 19.4 Å². The van der Waals surface area contributed by atoms with Crippen molar-refractivity contribution in [3.05, 3.63) is 42.8 Å². The van der Waals surface area contributed by atoms with Crippen LogP contribution in [0.1, 0.15) is 18.4 Å². The predicted molar refractivity (Wildman–Crippen MR) is 61.5 cm³/mol. The van der Waals surface area contributed by atoms with Crippen LogP contribution in [0.25, 0.3) is 0 Å². The molecule has 0 spiro atoms. The van der Waals surface area contributed by atoms with Gasteiger partial charge >= 0.3 is 0 Å². The molecule has 0 aliphatic heterocycles. The average Bonchev–Trinajstić information content (AvgIpc) is 2.29. The number of hydrogen-bond acceptors (Lipinski definition) is 2. The Morgan fingerprint density at radius 2 is 1.56 bits per heavy atom. The summed E-state index contributed by atoms with van der Waals surface area (Å²) in [5.74, 6) is 0. The molecule has 0 aromatic heterocycles. The second kappa shape index (κ2) is 11.3. The van der Waals surface area contributed by atoms with Gasteiger partial charge < -0.3 is 16.4 Å². The molecule has 0 unspecified atom stereocenters. The smallest absolute Gasteiger partial charge is 0.0716 e. The van der Waals surface area contributed by atoms with E-state index in [1.54, 1.807) is 0 Å². The maximum absolute atomic E-state index is 5.53. The molecule has 0 aliphatic rings. The molecule has 0 fully saturated rings. The fraction of sp³-hybridized carbons (Fsp3) is 0.462. The summed E-state index contributed by atoms with van der Waals surface area (Å²) < 4.78 is 10.7. The van der Waals surface area contributed by atoms with Crippen LogP contribution in [0.5, 0.6) is 0 Å². The van der Waals surface area contributed by atoms with Gasteiger partial charge in [-0.25, -0.2) is 0 Å². The molecule has 0 amide bonds. The van der Waals surface area contributed by atoms with E-state index in [0.29, 0.717) is 13.2 Å². The van der Waals surface area contributed by atoms with Crippen molar-refractivity contribution in [1.29, 1.82) is 0 Å². The first-order valence-corrected chi connectivity index (χ1v) is 5.42. The Morgan fingerprint density at radius 1 is 0.938 bits per heavy atom. The molecule has 0 aliphatic carbocycles. The molecular weight excluding hydrogens is 372 g/mol. The second-order valence-electron chi connectivity index (χ2n) is 3.36. The molecule has 0 bridgehead atoms. The SMILES string of the molecule is [CH2-]COCCCCOCc1ccccc1.[W]. The molecule has 1 rings (SSSR count). The normalized spacial score (nSPS) is 9.81. The van der Waals surface area contributed by atoms with Crippen LogP contribution in [0.2, 0.25) is 0 Å². The van der Waals surface area contributed by atoms with Gasteiger partial charge in [0.1, 0.15) is 0 Å². The van der Waals surface area contributed by atoms with E-state index >= 15 is 0 Å². The minimum absolute atomic E-state index is 0. The van der Waals surface area contributed by atoms with Crippen LogP contribution in [0.15, 0.2) is 30.3 Å². The maximum atomic E-state index is 5.53. The predicted octanol–water partition coefficient (Wildman–Crippen LogP) is 2.83. The van der Waals surface area contributed by atoms with E-state index in [2.05, 4.69) is 19.1 Å². The van der Waals surface area contributed by atoms with Crippen molar-refractivity contribution >= 4 is 0 Å². The van der Waals surface area contributed by atoms with Gasteiger partial charge in [0, 0.05) is 34.3 Å². The quantitative estimate of drug-likeness (QED) is 0.502. The largest absolute Gasteiger partial charge is 0.413 e. The molecule has 90 valence electrons. The van der Waals surface area contributed by atoms with Crippen LogP contribution >= 0.6 is 0 Å². The van der Waals surface area contributed by atoms with E-state index in [1.807, 2.05) is 18.2 Å². The van der Waals surface area contributed by atoms with Crippen molar-refractivity contribution in [2.24, 2.45) is 0 Å². The third-order valence-corrected chi connectivity index (χ3v) is 2.08. The van der Waals surface area contributed by atoms with Crippen molar-refractivity contribution in [2.75, 3.05) is 19.8 Å². The second-order valence-corrected chi connectivity index (χ2v) is 3.36. The first-order chi connectivity index (χ1) is 7.43. The molecule has 0 saturated carbocycles. The summed E-state index contributed by atoms with van der Waals surface area (Å²) in [6.07, 6.45) is 2.09. The van der Waals surface area contributed by atoms with Crippen LogP contribution in [-0.4, -0.2) is 19.8 Å². The van der Waals surface area contributed by atoms with Crippen molar-refractivity contribution in [3.8, 4) is 0 Å². The Morgan fingerprint density at radius 3 is 2.19 bits per heavy atom. The summed E-state index contributed by atoms with van der Waals surface area (Å²) in [5, 5.41) is 0. The first kappa shape index (κ1) is 15.8. The molecule has 0 atom stereocenters. The minimum atomic E-state index is 0. The maximum Gasteiger partial charge on any atom is 0.0716 e. The number of unbranched alkanes of at least 4 members (excludes halogenated alkanes) is 1. The summed E-state index contributed by atoms with van der Waals surface area (Å²) in [5.41, 5.74) is 1.23. The van der Waals surface area contributed by atoms with E-state index in [0.717, 1.165) is 26.1 Å². The zero-order chi connectivity index (χ0) is 10.8. The van der Waals surface area contributed by atoms with E-state index in [1.165, 1.54) is 5.56 Å². The van der Waals surface area contributed by atoms with Crippen molar-refractivity contribution in [1.82, 2.24) is 0 Å². The van der Waals surface area contributed by atoms with Crippen molar-refractivity contribution in [3.63, 3.8) is 0 Å². The third-order valence-electron chi connectivity index (χ3n) is 2.08. The van der Waals surface area contributed by atoms with Crippen LogP contribution in [0.3, 0.4) is 0 Å². The molecular formula is C13H19O2W-. The molecule has 1 aromatic carbocycles. The minimum Gasteiger partial charge on any atom is -0.413 e. The first-order valence-electron chi connectivity index (χ1n) is 5.42. The van der Waals surface area contributed by atoms with Gasteiger partial charge in [-0.3, -0.25) is 0 Å². The number of rotatable bonds is 8. The van der Waals surface area contributed by atoms with Gasteiger partial charge in [-0.05, 0) is 18.4 Å². The Balaban J connectivity index is 0.00000225. The van der Waals surface area contributed by atoms with Crippen LogP contribution in [0, 0.1) is 6.92 Å².